The van der Waals surface area contributed by atoms with Gasteiger partial charge in [0, 0.05) is 31.4 Å². The van der Waals surface area contributed by atoms with Crippen LogP contribution in [0.4, 0.5) is 16.5 Å². The molecule has 0 spiro atoms. The maximum absolute atomic E-state index is 5.80. The van der Waals surface area contributed by atoms with E-state index >= 15 is 0 Å². The summed E-state index contributed by atoms with van der Waals surface area (Å²) < 4.78 is 5.40. The molecule has 0 unspecified atom stereocenters. The molecule has 134 valence electrons. The number of ether oxygens (including phenoxy) is 1. The van der Waals surface area contributed by atoms with E-state index in [0.29, 0.717) is 17.5 Å². The zero-order valence-electron chi connectivity index (χ0n) is 14.6. The number of morpholine rings is 1. The van der Waals surface area contributed by atoms with Crippen LogP contribution < -0.4 is 10.6 Å². The number of aromatic nitrogens is 1. The minimum Gasteiger partial charge on any atom is -0.378 e. The van der Waals surface area contributed by atoms with Gasteiger partial charge in [-0.1, -0.05) is 11.3 Å². The molecular formula is C18H20N6OS. The highest BCUT2D eigenvalue weighted by Gasteiger charge is 2.15. The van der Waals surface area contributed by atoms with E-state index in [4.69, 9.17) is 10.5 Å². The largest absolute Gasteiger partial charge is 0.378 e. The predicted octanol–water partition coefficient (Wildman–Crippen LogP) is 2.82. The molecule has 0 amide bonds. The Hall–Kier alpha value is -2.58. The second-order valence-electron chi connectivity index (χ2n) is 6.07. The third-order valence-electron chi connectivity index (χ3n) is 4.26. The number of nitrogen functional groups attached to an aromatic ring is 1. The summed E-state index contributed by atoms with van der Waals surface area (Å²) in [6.45, 7) is 5.33. The second kappa shape index (κ2) is 7.35. The number of anilines is 2. The minimum atomic E-state index is 0.455. The molecule has 26 heavy (non-hydrogen) atoms. The highest BCUT2D eigenvalue weighted by molar-refractivity contribution is 7.17. The smallest absolute Gasteiger partial charge is 0.249 e. The molecule has 0 radical (unpaired) electrons. The Balaban J connectivity index is 1.54. The van der Waals surface area contributed by atoms with Crippen LogP contribution >= 0.6 is 11.3 Å². The third kappa shape index (κ3) is 3.66. The van der Waals surface area contributed by atoms with Gasteiger partial charge in [0.25, 0.3) is 0 Å². The van der Waals surface area contributed by atoms with E-state index in [1.807, 2.05) is 25.3 Å². The molecule has 8 heteroatoms. The first-order valence-corrected chi connectivity index (χ1v) is 9.35. The number of aryl methyl sites for hydroxylation is 1. The molecule has 0 atom stereocenters. The number of nitrogens with zero attached hydrogens (tertiary/aromatic N) is 5. The lowest BCUT2D eigenvalue weighted by atomic mass is 10.2. The molecule has 1 fully saturated rings. The standard InChI is InChI=1S/C18H20N6OS/c1-12-16(26-17(19)21-12)15-6-7-20-18(23-15)22-13-2-4-14(5-3-13)24-8-10-25-11-9-24/h2-5,7H,6,8-11H2,1H3,(H2,19,21). The highest BCUT2D eigenvalue weighted by Crippen LogP contribution is 2.24. The summed E-state index contributed by atoms with van der Waals surface area (Å²) in [6, 6.07) is 8.14. The van der Waals surface area contributed by atoms with Crippen molar-refractivity contribution in [2.75, 3.05) is 36.9 Å². The van der Waals surface area contributed by atoms with Crippen molar-refractivity contribution in [1.29, 1.82) is 0 Å². The van der Waals surface area contributed by atoms with Crippen LogP contribution in [0.15, 0.2) is 39.2 Å². The number of aliphatic imine (C=N–C) groups is 3. The van der Waals surface area contributed by atoms with Gasteiger partial charge < -0.3 is 15.4 Å². The first-order valence-electron chi connectivity index (χ1n) is 8.54. The molecule has 0 saturated carbocycles. The zero-order chi connectivity index (χ0) is 17.9. The van der Waals surface area contributed by atoms with Crippen molar-refractivity contribution < 1.29 is 4.74 Å². The zero-order valence-corrected chi connectivity index (χ0v) is 15.4. The molecule has 0 aliphatic carbocycles. The van der Waals surface area contributed by atoms with Gasteiger partial charge >= 0.3 is 0 Å². The van der Waals surface area contributed by atoms with Crippen LogP contribution in [0.1, 0.15) is 17.0 Å². The second-order valence-corrected chi connectivity index (χ2v) is 7.10. The lowest BCUT2D eigenvalue weighted by molar-refractivity contribution is 0.122. The summed E-state index contributed by atoms with van der Waals surface area (Å²) >= 11 is 1.45. The lowest BCUT2D eigenvalue weighted by Crippen LogP contribution is -2.36. The number of hydrogen-bond acceptors (Lipinski definition) is 6. The van der Waals surface area contributed by atoms with E-state index in [-0.39, 0.29) is 0 Å². The van der Waals surface area contributed by atoms with Crippen molar-refractivity contribution in [3.63, 3.8) is 0 Å². The van der Waals surface area contributed by atoms with Crippen molar-refractivity contribution in [2.24, 2.45) is 15.0 Å². The summed E-state index contributed by atoms with van der Waals surface area (Å²) in [4.78, 5) is 21.0. The SMILES string of the molecule is Cc1nc(N)sc1C1=NC(=Nc2ccc(N3CCOCC3)cc2)N=CC1. The van der Waals surface area contributed by atoms with E-state index < -0.39 is 0 Å². The Bertz CT molecular complexity index is 878. The Morgan fingerprint density at radius 3 is 2.65 bits per heavy atom. The third-order valence-corrected chi connectivity index (χ3v) is 5.29. The molecule has 7 nitrogen and oxygen atoms in total. The van der Waals surface area contributed by atoms with Crippen molar-refractivity contribution in [3.8, 4) is 0 Å². The molecule has 4 rings (SSSR count). The average Bonchev–Trinajstić information content (AvgIpc) is 3.01. The topological polar surface area (TPSA) is 88.5 Å². The maximum Gasteiger partial charge on any atom is 0.249 e. The molecule has 2 aliphatic rings. The van der Waals surface area contributed by atoms with Crippen LogP contribution in [0.5, 0.6) is 0 Å². The summed E-state index contributed by atoms with van der Waals surface area (Å²) in [7, 11) is 0. The molecule has 2 aliphatic heterocycles. The fraction of sp³-hybridized carbons (Fsp3) is 0.333. The molecule has 1 aromatic carbocycles. The lowest BCUT2D eigenvalue weighted by Gasteiger charge is -2.28. The van der Waals surface area contributed by atoms with Crippen LogP contribution in [0.25, 0.3) is 0 Å². The molecule has 3 heterocycles. The summed E-state index contributed by atoms with van der Waals surface area (Å²) in [5.74, 6) is 0.455. The Morgan fingerprint density at radius 1 is 1.19 bits per heavy atom. The van der Waals surface area contributed by atoms with Gasteiger partial charge in [-0.15, -0.1) is 0 Å². The Kier molecular flexibility index (Phi) is 4.77. The van der Waals surface area contributed by atoms with E-state index in [2.05, 4.69) is 37.0 Å². The number of benzene rings is 1. The van der Waals surface area contributed by atoms with E-state index in [1.54, 1.807) is 0 Å². The quantitative estimate of drug-likeness (QED) is 0.902. The average molecular weight is 368 g/mol. The monoisotopic (exact) mass is 368 g/mol. The van der Waals surface area contributed by atoms with E-state index in [0.717, 1.165) is 48.3 Å². The van der Waals surface area contributed by atoms with Gasteiger partial charge in [-0.05, 0) is 31.2 Å². The minimum absolute atomic E-state index is 0.455. The fourth-order valence-electron chi connectivity index (χ4n) is 2.97. The van der Waals surface area contributed by atoms with Crippen LogP contribution in [0.2, 0.25) is 0 Å². The Morgan fingerprint density at radius 2 is 1.96 bits per heavy atom. The fourth-order valence-corrected chi connectivity index (χ4v) is 3.80. The van der Waals surface area contributed by atoms with Gasteiger partial charge in [-0.25, -0.2) is 20.0 Å². The number of nitrogens with two attached hydrogens (primary N) is 1. The summed E-state index contributed by atoms with van der Waals surface area (Å²) in [5, 5.41) is 0.555. The van der Waals surface area contributed by atoms with Crippen molar-refractivity contribution >= 4 is 45.7 Å². The van der Waals surface area contributed by atoms with Crippen molar-refractivity contribution in [2.45, 2.75) is 13.3 Å². The number of thiazole rings is 1. The van der Waals surface area contributed by atoms with Gasteiger partial charge in [0.1, 0.15) is 0 Å². The van der Waals surface area contributed by atoms with Crippen molar-refractivity contribution in [1.82, 2.24) is 4.98 Å². The van der Waals surface area contributed by atoms with E-state index in [1.165, 1.54) is 17.0 Å². The first kappa shape index (κ1) is 16.9. The van der Waals surface area contributed by atoms with Crippen LogP contribution in [0, 0.1) is 6.92 Å². The molecule has 1 aromatic heterocycles. The van der Waals surface area contributed by atoms with Gasteiger partial charge in [-0.2, -0.15) is 0 Å². The molecule has 1 saturated heterocycles. The number of guanidine groups is 1. The number of hydrogen-bond donors (Lipinski definition) is 1. The van der Waals surface area contributed by atoms with Crippen LogP contribution in [-0.2, 0) is 4.74 Å². The summed E-state index contributed by atoms with van der Waals surface area (Å²) in [6.07, 6.45) is 2.50. The van der Waals surface area contributed by atoms with Gasteiger partial charge in [0.15, 0.2) is 5.13 Å². The molecule has 2 N–H and O–H groups in total. The number of rotatable bonds is 3. The van der Waals surface area contributed by atoms with Crippen LogP contribution in [0.3, 0.4) is 0 Å². The first-order chi connectivity index (χ1) is 12.7. The van der Waals surface area contributed by atoms with E-state index in [9.17, 15) is 0 Å². The molecule has 2 aromatic rings. The highest BCUT2D eigenvalue weighted by atomic mass is 32.1. The van der Waals surface area contributed by atoms with Gasteiger partial charge in [-0.3, -0.25) is 0 Å². The predicted molar refractivity (Wildman–Crippen MR) is 107 cm³/mol. The molecular weight excluding hydrogens is 348 g/mol. The van der Waals surface area contributed by atoms with Gasteiger partial charge in [0.05, 0.1) is 35.2 Å². The molecule has 0 bridgehead atoms. The normalized spacial score (nSPS) is 19.0. The van der Waals surface area contributed by atoms with Crippen LogP contribution in [-0.4, -0.2) is 49.2 Å². The maximum atomic E-state index is 5.80. The van der Waals surface area contributed by atoms with Gasteiger partial charge in [0.2, 0.25) is 5.96 Å². The Labute approximate surface area is 156 Å². The summed E-state index contributed by atoms with van der Waals surface area (Å²) in [5.41, 5.74) is 9.63. The van der Waals surface area contributed by atoms with Crippen molar-refractivity contribution in [3.05, 3.63) is 34.8 Å².